The molecular weight excluding hydrogens is 396 g/mol. The van der Waals surface area contributed by atoms with Crippen molar-refractivity contribution in [3.05, 3.63) is 46.7 Å². The standard InChI is InChI=1S/C20H24N2O4S2/c1-14(23)21-18(19-10-5-11-27-19)13-20(24)22-15-6-4-9-17(12-15)28(25,26)16-7-2-3-8-16/h4-6,9-12,16,18H,2-3,7-8,13H2,1H3,(H,21,23)(H,22,24). The molecule has 6 nitrogen and oxygen atoms in total. The van der Waals surface area contributed by atoms with Gasteiger partial charge in [0.2, 0.25) is 11.8 Å². The fourth-order valence-corrected chi connectivity index (χ4v) is 6.17. The Morgan fingerprint density at radius 2 is 1.93 bits per heavy atom. The zero-order valence-corrected chi connectivity index (χ0v) is 17.3. The van der Waals surface area contributed by atoms with Crippen LogP contribution in [-0.2, 0) is 19.4 Å². The highest BCUT2D eigenvalue weighted by molar-refractivity contribution is 7.92. The number of thiophene rings is 1. The number of carbonyl (C=O) groups is 2. The van der Waals surface area contributed by atoms with Crippen LogP contribution in [0, 0.1) is 0 Å². The van der Waals surface area contributed by atoms with Crippen LogP contribution in [0.15, 0.2) is 46.7 Å². The summed E-state index contributed by atoms with van der Waals surface area (Å²) in [4.78, 5) is 25.1. The van der Waals surface area contributed by atoms with Crippen molar-refractivity contribution in [1.29, 1.82) is 0 Å². The maximum absolute atomic E-state index is 12.8. The Labute approximate surface area is 169 Å². The lowest BCUT2D eigenvalue weighted by molar-refractivity contribution is -0.120. The molecule has 1 aliphatic rings. The fraction of sp³-hybridized carbons (Fsp3) is 0.400. The van der Waals surface area contributed by atoms with E-state index in [1.807, 2.05) is 17.5 Å². The zero-order valence-electron chi connectivity index (χ0n) is 15.7. The SMILES string of the molecule is CC(=O)NC(CC(=O)Nc1cccc(S(=O)(=O)C2CCCC2)c1)c1cccs1. The third-order valence-electron chi connectivity index (χ3n) is 4.84. The Morgan fingerprint density at radius 1 is 1.18 bits per heavy atom. The summed E-state index contributed by atoms with van der Waals surface area (Å²) in [5.74, 6) is -0.501. The van der Waals surface area contributed by atoms with Gasteiger partial charge in [0.1, 0.15) is 0 Å². The number of carbonyl (C=O) groups excluding carboxylic acids is 2. The summed E-state index contributed by atoms with van der Waals surface area (Å²) in [7, 11) is -3.38. The Bertz CT molecular complexity index is 933. The maximum Gasteiger partial charge on any atom is 0.226 e. The number of amides is 2. The van der Waals surface area contributed by atoms with Gasteiger partial charge in [0, 0.05) is 17.5 Å². The second-order valence-corrected chi connectivity index (χ2v) is 10.2. The molecule has 1 heterocycles. The molecule has 0 aliphatic heterocycles. The third kappa shape index (κ3) is 4.99. The molecule has 28 heavy (non-hydrogen) atoms. The minimum atomic E-state index is -3.38. The van der Waals surface area contributed by atoms with Crippen LogP contribution in [0.5, 0.6) is 0 Å². The van der Waals surface area contributed by atoms with E-state index in [1.165, 1.54) is 24.3 Å². The van der Waals surface area contributed by atoms with Gasteiger partial charge < -0.3 is 10.6 Å². The van der Waals surface area contributed by atoms with Gasteiger partial charge in [-0.05, 0) is 42.5 Å². The Balaban J connectivity index is 1.71. The first-order valence-electron chi connectivity index (χ1n) is 9.30. The molecule has 8 heteroatoms. The molecule has 1 fully saturated rings. The number of nitrogens with one attached hydrogen (secondary N) is 2. The van der Waals surface area contributed by atoms with E-state index in [4.69, 9.17) is 0 Å². The lowest BCUT2D eigenvalue weighted by Gasteiger charge is -2.17. The quantitative estimate of drug-likeness (QED) is 0.715. The van der Waals surface area contributed by atoms with Gasteiger partial charge in [-0.3, -0.25) is 9.59 Å². The van der Waals surface area contributed by atoms with Crippen LogP contribution >= 0.6 is 11.3 Å². The molecule has 1 aromatic heterocycles. The Hall–Kier alpha value is -2.19. The molecule has 1 aromatic carbocycles. The van der Waals surface area contributed by atoms with E-state index >= 15 is 0 Å². The minimum Gasteiger partial charge on any atom is -0.348 e. The molecule has 0 spiro atoms. The number of hydrogen-bond acceptors (Lipinski definition) is 5. The molecule has 2 aromatic rings. The molecule has 0 bridgehead atoms. The molecule has 0 saturated heterocycles. The Kier molecular flexibility index (Phi) is 6.51. The van der Waals surface area contributed by atoms with Crippen molar-refractivity contribution in [3.63, 3.8) is 0 Å². The summed E-state index contributed by atoms with van der Waals surface area (Å²) in [6.07, 6.45) is 3.33. The van der Waals surface area contributed by atoms with Crippen molar-refractivity contribution in [2.24, 2.45) is 0 Å². The molecular formula is C20H24N2O4S2. The topological polar surface area (TPSA) is 92.3 Å². The zero-order chi connectivity index (χ0) is 20.1. The monoisotopic (exact) mass is 420 g/mol. The van der Waals surface area contributed by atoms with Crippen LogP contribution in [0.1, 0.15) is 49.9 Å². The third-order valence-corrected chi connectivity index (χ3v) is 8.09. The van der Waals surface area contributed by atoms with Crippen LogP contribution in [0.2, 0.25) is 0 Å². The molecule has 1 aliphatic carbocycles. The highest BCUT2D eigenvalue weighted by atomic mass is 32.2. The van der Waals surface area contributed by atoms with E-state index in [0.29, 0.717) is 18.5 Å². The molecule has 0 radical (unpaired) electrons. The predicted octanol–water partition coefficient (Wildman–Crippen LogP) is 3.67. The van der Waals surface area contributed by atoms with Crippen LogP contribution in [0.25, 0.3) is 0 Å². The number of benzene rings is 1. The van der Waals surface area contributed by atoms with Crippen molar-refractivity contribution < 1.29 is 18.0 Å². The van der Waals surface area contributed by atoms with Crippen LogP contribution in [-0.4, -0.2) is 25.5 Å². The molecule has 150 valence electrons. The summed E-state index contributed by atoms with van der Waals surface area (Å²) < 4.78 is 25.5. The minimum absolute atomic E-state index is 0.0691. The normalized spacial score (nSPS) is 15.9. The van der Waals surface area contributed by atoms with Gasteiger partial charge in [0.05, 0.1) is 22.6 Å². The average molecular weight is 421 g/mol. The largest absolute Gasteiger partial charge is 0.348 e. The van der Waals surface area contributed by atoms with Gasteiger partial charge in [-0.15, -0.1) is 11.3 Å². The van der Waals surface area contributed by atoms with Gasteiger partial charge in [-0.1, -0.05) is 25.0 Å². The average Bonchev–Trinajstić information content (AvgIpc) is 3.35. The van der Waals surface area contributed by atoms with Gasteiger partial charge in [0.15, 0.2) is 9.84 Å². The lowest BCUT2D eigenvalue weighted by atomic mass is 10.1. The van der Waals surface area contributed by atoms with Crippen LogP contribution < -0.4 is 10.6 Å². The predicted molar refractivity (Wildman–Crippen MR) is 110 cm³/mol. The molecule has 3 rings (SSSR count). The molecule has 2 N–H and O–H groups in total. The smallest absolute Gasteiger partial charge is 0.226 e. The first kappa shape index (κ1) is 20.5. The van der Waals surface area contributed by atoms with Crippen LogP contribution in [0.4, 0.5) is 5.69 Å². The van der Waals surface area contributed by atoms with Crippen molar-refractivity contribution in [1.82, 2.24) is 5.32 Å². The van der Waals surface area contributed by atoms with Crippen molar-refractivity contribution >= 4 is 38.7 Å². The van der Waals surface area contributed by atoms with Crippen molar-refractivity contribution in [2.75, 3.05) is 5.32 Å². The number of rotatable bonds is 7. The van der Waals surface area contributed by atoms with Crippen LogP contribution in [0.3, 0.4) is 0 Å². The maximum atomic E-state index is 12.8. The molecule has 1 atom stereocenters. The first-order valence-corrected chi connectivity index (χ1v) is 11.7. The van der Waals surface area contributed by atoms with Crippen molar-refractivity contribution in [2.45, 2.75) is 55.2 Å². The van der Waals surface area contributed by atoms with Gasteiger partial charge in [-0.2, -0.15) is 0 Å². The van der Waals surface area contributed by atoms with Gasteiger partial charge in [-0.25, -0.2) is 8.42 Å². The highest BCUT2D eigenvalue weighted by Gasteiger charge is 2.30. The van der Waals surface area contributed by atoms with E-state index in [1.54, 1.807) is 18.2 Å². The summed E-state index contributed by atoms with van der Waals surface area (Å²) >= 11 is 1.47. The highest BCUT2D eigenvalue weighted by Crippen LogP contribution is 2.30. The molecule has 2 amide bonds. The van der Waals surface area contributed by atoms with Gasteiger partial charge >= 0.3 is 0 Å². The lowest BCUT2D eigenvalue weighted by Crippen LogP contribution is -2.29. The van der Waals surface area contributed by atoms with Crippen molar-refractivity contribution in [3.8, 4) is 0 Å². The Morgan fingerprint density at radius 3 is 2.57 bits per heavy atom. The second-order valence-electron chi connectivity index (χ2n) is 7.00. The summed E-state index contributed by atoms with van der Waals surface area (Å²) in [5.41, 5.74) is 0.442. The van der Waals surface area contributed by atoms with Gasteiger partial charge in [0.25, 0.3) is 0 Å². The van der Waals surface area contributed by atoms with E-state index in [2.05, 4.69) is 10.6 Å². The first-order chi connectivity index (χ1) is 13.4. The van der Waals surface area contributed by atoms with E-state index in [9.17, 15) is 18.0 Å². The van der Waals surface area contributed by atoms with E-state index in [-0.39, 0.29) is 28.4 Å². The molecule has 1 saturated carbocycles. The fourth-order valence-electron chi connectivity index (χ4n) is 3.50. The van der Waals surface area contributed by atoms with E-state index < -0.39 is 15.9 Å². The second kappa shape index (κ2) is 8.87. The van der Waals surface area contributed by atoms with E-state index in [0.717, 1.165) is 17.7 Å². The number of anilines is 1. The summed E-state index contributed by atoms with van der Waals surface area (Å²) in [6.45, 7) is 1.41. The number of hydrogen-bond donors (Lipinski definition) is 2. The summed E-state index contributed by atoms with van der Waals surface area (Å²) in [5, 5.41) is 7.10. The number of sulfone groups is 1. The molecule has 1 unspecified atom stereocenters. The summed E-state index contributed by atoms with van der Waals surface area (Å²) in [6, 6.07) is 9.73.